The Morgan fingerprint density at radius 2 is 2.05 bits per heavy atom. The molecule has 1 atom stereocenters. The van der Waals surface area contributed by atoms with E-state index in [1.165, 1.54) is 11.0 Å². The number of carbonyl (C=O) groups excluding carboxylic acids is 3. The molecule has 0 bridgehead atoms. The Bertz CT molecular complexity index is 730. The number of benzene rings is 1. The number of piperidine rings is 1. The molecule has 1 fully saturated rings. The molecule has 0 spiro atoms. The summed E-state index contributed by atoms with van der Waals surface area (Å²) in [5, 5.41) is 11.3. The van der Waals surface area contributed by atoms with Crippen molar-refractivity contribution in [2.75, 3.05) is 0 Å². The molecule has 114 valence electrons. The van der Waals surface area contributed by atoms with Gasteiger partial charge < -0.3 is 10.0 Å². The number of hydrogen-bond donors (Lipinski definition) is 2. The number of halogens is 1. The van der Waals surface area contributed by atoms with Gasteiger partial charge in [-0.25, -0.2) is 4.79 Å². The third-order valence-corrected chi connectivity index (χ3v) is 4.68. The van der Waals surface area contributed by atoms with Crippen LogP contribution >= 0.6 is 15.9 Å². The van der Waals surface area contributed by atoms with Crippen molar-refractivity contribution in [1.29, 1.82) is 0 Å². The summed E-state index contributed by atoms with van der Waals surface area (Å²) in [4.78, 5) is 48.2. The van der Waals surface area contributed by atoms with Crippen LogP contribution < -0.4 is 5.32 Å². The number of carboxylic acids is 1. The zero-order chi connectivity index (χ0) is 16.0. The monoisotopic (exact) mass is 366 g/mol. The lowest BCUT2D eigenvalue weighted by atomic mass is 10.0. The van der Waals surface area contributed by atoms with Gasteiger partial charge in [-0.05, 0) is 34.0 Å². The summed E-state index contributed by atoms with van der Waals surface area (Å²) < 4.78 is 0.220. The maximum atomic E-state index is 12.6. The van der Waals surface area contributed by atoms with Crippen molar-refractivity contribution in [3.8, 4) is 0 Å². The van der Waals surface area contributed by atoms with Gasteiger partial charge in [0.25, 0.3) is 5.91 Å². The number of carbonyl (C=O) groups is 4. The smallest absolute Gasteiger partial charge is 0.336 e. The van der Waals surface area contributed by atoms with Crippen LogP contribution in [0.4, 0.5) is 0 Å². The van der Waals surface area contributed by atoms with Crippen LogP contribution in [0.15, 0.2) is 16.6 Å². The minimum absolute atomic E-state index is 0.00257. The molecule has 7 nitrogen and oxygen atoms in total. The normalized spacial score (nSPS) is 20.9. The molecule has 1 aromatic carbocycles. The molecule has 0 aliphatic carbocycles. The highest BCUT2D eigenvalue weighted by Gasteiger charge is 2.40. The number of carboxylic acid groups (broad SMARTS) is 1. The number of nitrogens with one attached hydrogen (secondary N) is 1. The molecule has 0 aromatic heterocycles. The van der Waals surface area contributed by atoms with E-state index in [1.54, 1.807) is 6.07 Å². The summed E-state index contributed by atoms with van der Waals surface area (Å²) in [6.45, 7) is 0.221. The van der Waals surface area contributed by atoms with Crippen LogP contribution in [0.2, 0.25) is 0 Å². The van der Waals surface area contributed by atoms with Gasteiger partial charge in [0.2, 0.25) is 11.8 Å². The number of aromatic carboxylic acids is 1. The van der Waals surface area contributed by atoms with Crippen molar-refractivity contribution in [3.63, 3.8) is 0 Å². The quantitative estimate of drug-likeness (QED) is 0.757. The molecule has 1 aromatic rings. The molecule has 22 heavy (non-hydrogen) atoms. The Kier molecular flexibility index (Phi) is 3.48. The summed E-state index contributed by atoms with van der Waals surface area (Å²) in [5.74, 6) is -2.38. The zero-order valence-corrected chi connectivity index (χ0v) is 12.8. The molecular weight excluding hydrogens is 356 g/mol. The lowest BCUT2D eigenvalue weighted by Gasteiger charge is -2.29. The topological polar surface area (TPSA) is 104 Å². The fourth-order valence-electron chi connectivity index (χ4n) is 2.77. The van der Waals surface area contributed by atoms with Gasteiger partial charge in [0, 0.05) is 17.4 Å². The van der Waals surface area contributed by atoms with Crippen molar-refractivity contribution in [1.82, 2.24) is 10.2 Å². The second kappa shape index (κ2) is 5.20. The first-order valence-corrected chi connectivity index (χ1v) is 7.38. The molecule has 8 heteroatoms. The predicted molar refractivity (Wildman–Crippen MR) is 77.1 cm³/mol. The van der Waals surface area contributed by atoms with Gasteiger partial charge in [-0.15, -0.1) is 0 Å². The van der Waals surface area contributed by atoms with E-state index < -0.39 is 23.8 Å². The molecule has 1 unspecified atom stereocenters. The highest BCUT2D eigenvalue weighted by atomic mass is 79.9. The number of nitrogens with zero attached hydrogens (tertiary/aromatic N) is 1. The van der Waals surface area contributed by atoms with Gasteiger partial charge in [0.05, 0.1) is 11.1 Å². The summed E-state index contributed by atoms with van der Waals surface area (Å²) in [7, 11) is 0. The lowest BCUT2D eigenvalue weighted by Crippen LogP contribution is -2.52. The van der Waals surface area contributed by atoms with E-state index in [2.05, 4.69) is 21.2 Å². The second-order valence-corrected chi connectivity index (χ2v) is 5.96. The zero-order valence-electron chi connectivity index (χ0n) is 11.3. The Balaban J connectivity index is 1.95. The molecule has 3 amide bonds. The number of rotatable bonds is 2. The van der Waals surface area contributed by atoms with E-state index in [9.17, 15) is 19.2 Å². The number of amides is 3. The Morgan fingerprint density at radius 3 is 2.68 bits per heavy atom. The fraction of sp³-hybridized carbons (Fsp3) is 0.286. The van der Waals surface area contributed by atoms with E-state index in [-0.39, 0.29) is 40.9 Å². The number of hydrogen-bond acceptors (Lipinski definition) is 4. The van der Waals surface area contributed by atoms with Gasteiger partial charge in [-0.3, -0.25) is 19.7 Å². The lowest BCUT2D eigenvalue weighted by molar-refractivity contribution is -0.136. The highest BCUT2D eigenvalue weighted by molar-refractivity contribution is 9.10. The van der Waals surface area contributed by atoms with E-state index in [0.717, 1.165) is 0 Å². The average Bonchev–Trinajstić information content (AvgIpc) is 2.77. The van der Waals surface area contributed by atoms with Crippen molar-refractivity contribution < 1.29 is 24.3 Å². The summed E-state index contributed by atoms with van der Waals surface area (Å²) in [5.41, 5.74) is 0.924. The van der Waals surface area contributed by atoms with Gasteiger partial charge in [-0.1, -0.05) is 6.07 Å². The van der Waals surface area contributed by atoms with E-state index in [0.29, 0.717) is 5.56 Å². The minimum Gasteiger partial charge on any atom is -0.478 e. The van der Waals surface area contributed by atoms with E-state index in [4.69, 9.17) is 5.11 Å². The molecule has 1 saturated heterocycles. The Hall–Kier alpha value is -2.22. The molecule has 2 N–H and O–H groups in total. The van der Waals surface area contributed by atoms with Crippen molar-refractivity contribution in [3.05, 3.63) is 33.3 Å². The first-order valence-electron chi connectivity index (χ1n) is 6.59. The molecule has 0 radical (unpaired) electrons. The molecular formula is C14H11BrN2O5. The number of imide groups is 1. The van der Waals surface area contributed by atoms with Crippen LogP contribution in [0.3, 0.4) is 0 Å². The molecule has 0 saturated carbocycles. The minimum atomic E-state index is -1.14. The maximum absolute atomic E-state index is 12.6. The van der Waals surface area contributed by atoms with Gasteiger partial charge in [0.1, 0.15) is 6.04 Å². The highest BCUT2D eigenvalue weighted by Crippen LogP contribution is 2.34. The molecule has 2 aliphatic rings. The van der Waals surface area contributed by atoms with E-state index in [1.807, 2.05) is 0 Å². The SMILES string of the molecule is O=C1CCC(N2Cc3ccc(C(=O)O)c(Br)c3C2=O)C(=O)N1. The standard InChI is InChI=1S/C14H11BrN2O5/c15-11-7(14(21)22)2-1-6-5-17(13(20)10(6)11)8-3-4-9(18)16-12(8)19/h1-2,8H,3-5H2,(H,21,22)(H,16,18,19). The third-order valence-electron chi connectivity index (χ3n) is 3.86. The average molecular weight is 367 g/mol. The van der Waals surface area contributed by atoms with Crippen LogP contribution in [0, 0.1) is 0 Å². The second-order valence-electron chi connectivity index (χ2n) is 5.17. The van der Waals surface area contributed by atoms with Crippen LogP contribution in [0.25, 0.3) is 0 Å². The summed E-state index contributed by atoms with van der Waals surface area (Å²) in [6, 6.07) is 2.29. The maximum Gasteiger partial charge on any atom is 0.336 e. The van der Waals surface area contributed by atoms with Gasteiger partial charge >= 0.3 is 5.97 Å². The van der Waals surface area contributed by atoms with Crippen LogP contribution in [0.1, 0.15) is 39.1 Å². The van der Waals surface area contributed by atoms with Crippen LogP contribution in [0.5, 0.6) is 0 Å². The fourth-order valence-corrected chi connectivity index (χ4v) is 3.50. The molecule has 2 aliphatic heterocycles. The first-order chi connectivity index (χ1) is 10.4. The van der Waals surface area contributed by atoms with Crippen molar-refractivity contribution >= 4 is 39.6 Å². The first kappa shape index (κ1) is 14.7. The van der Waals surface area contributed by atoms with Crippen LogP contribution in [-0.2, 0) is 16.1 Å². The van der Waals surface area contributed by atoms with Crippen molar-refractivity contribution in [2.24, 2.45) is 0 Å². The molecule has 2 heterocycles. The van der Waals surface area contributed by atoms with Crippen LogP contribution in [-0.4, -0.2) is 39.7 Å². The summed E-state index contributed by atoms with van der Waals surface area (Å²) >= 11 is 3.17. The largest absolute Gasteiger partial charge is 0.478 e. The van der Waals surface area contributed by atoms with Gasteiger partial charge in [-0.2, -0.15) is 0 Å². The molecule has 3 rings (SSSR count). The Morgan fingerprint density at radius 1 is 1.32 bits per heavy atom. The predicted octanol–water partition coefficient (Wildman–Crippen LogP) is 0.908. The van der Waals surface area contributed by atoms with Gasteiger partial charge in [0.15, 0.2) is 0 Å². The van der Waals surface area contributed by atoms with E-state index >= 15 is 0 Å². The number of fused-ring (bicyclic) bond motifs is 1. The van der Waals surface area contributed by atoms with Crippen molar-refractivity contribution in [2.45, 2.75) is 25.4 Å². The Labute approximate surface area is 133 Å². The third kappa shape index (κ3) is 2.19. The summed E-state index contributed by atoms with van der Waals surface area (Å²) in [6.07, 6.45) is 0.450.